The van der Waals surface area contributed by atoms with Crippen LogP contribution < -0.4 is 15.5 Å². The van der Waals surface area contributed by atoms with Gasteiger partial charge in [-0.3, -0.25) is 20.2 Å². The molecular formula is C19H26N4O6. The molecule has 1 aromatic carbocycles. The maximum Gasteiger partial charge on any atom is 0.338 e. The van der Waals surface area contributed by atoms with E-state index in [4.69, 9.17) is 4.74 Å². The number of carbonyl (C=O) groups excluding carboxylic acids is 3. The molecule has 1 atom stereocenters. The fourth-order valence-corrected chi connectivity index (χ4v) is 3.13. The molecule has 1 aliphatic heterocycles. The Morgan fingerprint density at radius 2 is 2.10 bits per heavy atom. The van der Waals surface area contributed by atoms with E-state index in [-0.39, 0.29) is 11.3 Å². The third kappa shape index (κ3) is 6.44. The molecule has 0 bridgehead atoms. The zero-order valence-corrected chi connectivity index (χ0v) is 16.6. The van der Waals surface area contributed by atoms with Crippen molar-refractivity contribution >= 4 is 29.3 Å². The highest BCUT2D eigenvalue weighted by molar-refractivity contribution is 5.97. The number of nitrogens with zero attached hydrogens (tertiary/aromatic N) is 2. The van der Waals surface area contributed by atoms with Crippen LogP contribution in [0, 0.1) is 16.0 Å². The van der Waals surface area contributed by atoms with E-state index in [1.807, 2.05) is 17.1 Å². The molecule has 1 saturated heterocycles. The van der Waals surface area contributed by atoms with E-state index < -0.39 is 29.4 Å². The number of nitro groups is 1. The van der Waals surface area contributed by atoms with Crippen molar-refractivity contribution in [3.05, 3.63) is 33.9 Å². The van der Waals surface area contributed by atoms with Crippen LogP contribution in [0.2, 0.25) is 0 Å². The van der Waals surface area contributed by atoms with Gasteiger partial charge >= 0.3 is 12.0 Å². The van der Waals surface area contributed by atoms with Crippen molar-refractivity contribution < 1.29 is 24.0 Å². The van der Waals surface area contributed by atoms with Crippen molar-refractivity contribution in [2.75, 3.05) is 31.1 Å². The lowest BCUT2D eigenvalue weighted by Crippen LogP contribution is -2.41. The minimum absolute atomic E-state index is 0.0336. The number of nitrogens with one attached hydrogen (secondary N) is 2. The first kappa shape index (κ1) is 22.1. The summed E-state index contributed by atoms with van der Waals surface area (Å²) in [6.45, 7) is 5.12. The number of hydrogen-bond donors (Lipinski definition) is 2. The second-order valence-corrected chi connectivity index (χ2v) is 7.03. The summed E-state index contributed by atoms with van der Waals surface area (Å²) in [5, 5.41) is 16.0. The Balaban J connectivity index is 2.01. The fourth-order valence-electron chi connectivity index (χ4n) is 3.13. The number of rotatable bonds is 7. The molecule has 1 aliphatic rings. The van der Waals surface area contributed by atoms with Crippen molar-refractivity contribution in [3.8, 4) is 0 Å². The molecule has 1 aromatic rings. The number of piperidine rings is 1. The van der Waals surface area contributed by atoms with Crippen LogP contribution in [-0.2, 0) is 9.53 Å². The van der Waals surface area contributed by atoms with Crippen LogP contribution >= 0.6 is 0 Å². The predicted molar refractivity (Wildman–Crippen MR) is 106 cm³/mol. The lowest BCUT2D eigenvalue weighted by Gasteiger charge is -2.32. The summed E-state index contributed by atoms with van der Waals surface area (Å²) < 4.78 is 4.87. The summed E-state index contributed by atoms with van der Waals surface area (Å²) in [5.41, 5.74) is 0.245. The quantitative estimate of drug-likeness (QED) is 0.403. The molecular weight excluding hydrogens is 380 g/mol. The number of carbonyl (C=O) groups is 3. The molecule has 0 saturated carbocycles. The van der Waals surface area contributed by atoms with Crippen molar-refractivity contribution in [2.45, 2.75) is 33.1 Å². The monoisotopic (exact) mass is 406 g/mol. The second kappa shape index (κ2) is 10.4. The van der Waals surface area contributed by atoms with Gasteiger partial charge < -0.3 is 15.0 Å². The lowest BCUT2D eigenvalue weighted by atomic mass is 9.99. The topological polar surface area (TPSA) is 131 Å². The fraction of sp³-hybridized carbons (Fsp3) is 0.526. The van der Waals surface area contributed by atoms with E-state index >= 15 is 0 Å². The van der Waals surface area contributed by atoms with Crippen molar-refractivity contribution in [3.63, 3.8) is 0 Å². The highest BCUT2D eigenvalue weighted by atomic mass is 16.6. The zero-order chi connectivity index (χ0) is 21.4. The van der Waals surface area contributed by atoms with E-state index in [1.165, 1.54) is 12.1 Å². The Labute approximate surface area is 168 Å². The van der Waals surface area contributed by atoms with Gasteiger partial charge in [-0.25, -0.2) is 9.59 Å². The van der Waals surface area contributed by atoms with Crippen molar-refractivity contribution in [1.82, 2.24) is 10.6 Å². The third-order valence-electron chi connectivity index (χ3n) is 4.53. The number of hydrogen-bond acceptors (Lipinski definition) is 7. The number of nitro benzene ring substituents is 1. The minimum atomic E-state index is -0.879. The van der Waals surface area contributed by atoms with Crippen molar-refractivity contribution in [1.29, 1.82) is 0 Å². The average molecular weight is 406 g/mol. The van der Waals surface area contributed by atoms with Gasteiger partial charge in [0.1, 0.15) is 5.69 Å². The van der Waals surface area contributed by atoms with Gasteiger partial charge in [-0.1, -0.05) is 13.8 Å². The van der Waals surface area contributed by atoms with Crippen LogP contribution in [0.1, 0.15) is 43.5 Å². The van der Waals surface area contributed by atoms with Crippen LogP contribution in [0.5, 0.6) is 0 Å². The van der Waals surface area contributed by atoms with Crippen LogP contribution in [0.15, 0.2) is 18.2 Å². The number of ether oxygens (including phenoxy) is 1. The first-order chi connectivity index (χ1) is 13.8. The first-order valence-electron chi connectivity index (χ1n) is 9.60. The normalized spacial score (nSPS) is 16.1. The van der Waals surface area contributed by atoms with Gasteiger partial charge in [0.05, 0.1) is 10.5 Å². The SMILES string of the molecule is CCCNC(=O)NC(=O)COC(=O)c1ccc(N2CCC[C@@H](C)C2)c([N+](=O)[O-])c1. The molecule has 158 valence electrons. The molecule has 2 rings (SSSR count). The smallest absolute Gasteiger partial charge is 0.338 e. The number of esters is 1. The number of anilines is 1. The zero-order valence-electron chi connectivity index (χ0n) is 16.6. The van der Waals surface area contributed by atoms with Gasteiger partial charge in [0.15, 0.2) is 6.61 Å². The van der Waals surface area contributed by atoms with Gasteiger partial charge in [0.2, 0.25) is 0 Å². The predicted octanol–water partition coefficient (Wildman–Crippen LogP) is 2.22. The van der Waals surface area contributed by atoms with E-state index in [0.29, 0.717) is 31.1 Å². The molecule has 0 spiro atoms. The summed E-state index contributed by atoms with van der Waals surface area (Å²) in [6.07, 6.45) is 2.73. The molecule has 29 heavy (non-hydrogen) atoms. The van der Waals surface area contributed by atoms with Crippen molar-refractivity contribution in [2.24, 2.45) is 5.92 Å². The Morgan fingerprint density at radius 3 is 2.76 bits per heavy atom. The standard InChI is InChI=1S/C19H26N4O6/c1-3-8-20-19(26)21-17(24)12-29-18(25)14-6-7-15(16(10-14)23(27)28)22-9-4-5-13(2)11-22/h6-7,10,13H,3-5,8-9,11-12H2,1-2H3,(H2,20,21,24,26)/t13-/m1/s1. The Kier molecular flexibility index (Phi) is 7.93. The van der Waals surface area contributed by atoms with Crippen LogP contribution in [0.4, 0.5) is 16.2 Å². The molecule has 1 heterocycles. The number of benzene rings is 1. The molecule has 0 unspecified atom stereocenters. The molecule has 10 nitrogen and oxygen atoms in total. The number of imide groups is 1. The minimum Gasteiger partial charge on any atom is -0.452 e. The van der Waals surface area contributed by atoms with Gasteiger partial charge in [-0.2, -0.15) is 0 Å². The molecule has 1 fully saturated rings. The van der Waals surface area contributed by atoms with Crippen LogP contribution in [0.3, 0.4) is 0 Å². The average Bonchev–Trinajstić information content (AvgIpc) is 2.70. The molecule has 0 aromatic heterocycles. The summed E-state index contributed by atoms with van der Waals surface area (Å²) in [4.78, 5) is 48.2. The summed E-state index contributed by atoms with van der Waals surface area (Å²) in [6, 6.07) is 3.45. The Bertz CT molecular complexity index is 782. The summed E-state index contributed by atoms with van der Waals surface area (Å²) >= 11 is 0. The first-order valence-corrected chi connectivity index (χ1v) is 9.60. The van der Waals surface area contributed by atoms with Gasteiger partial charge in [0.25, 0.3) is 11.6 Å². The van der Waals surface area contributed by atoms with E-state index in [2.05, 4.69) is 12.2 Å². The second-order valence-electron chi connectivity index (χ2n) is 7.03. The highest BCUT2D eigenvalue weighted by Crippen LogP contribution is 2.32. The van der Waals surface area contributed by atoms with Gasteiger partial charge in [-0.15, -0.1) is 0 Å². The number of amides is 3. The van der Waals surface area contributed by atoms with Gasteiger partial charge in [0, 0.05) is 25.7 Å². The molecule has 0 radical (unpaired) electrons. The Morgan fingerprint density at radius 1 is 1.34 bits per heavy atom. The van der Waals surface area contributed by atoms with E-state index in [1.54, 1.807) is 0 Å². The van der Waals surface area contributed by atoms with Gasteiger partial charge in [-0.05, 0) is 37.3 Å². The lowest BCUT2D eigenvalue weighted by molar-refractivity contribution is -0.384. The summed E-state index contributed by atoms with van der Waals surface area (Å²) in [7, 11) is 0. The summed E-state index contributed by atoms with van der Waals surface area (Å²) in [5.74, 6) is -1.24. The van der Waals surface area contributed by atoms with Crippen LogP contribution in [0.25, 0.3) is 0 Å². The number of urea groups is 1. The van der Waals surface area contributed by atoms with E-state index in [9.17, 15) is 24.5 Å². The molecule has 3 amide bonds. The molecule has 0 aliphatic carbocycles. The largest absolute Gasteiger partial charge is 0.452 e. The molecule has 10 heteroatoms. The maximum absolute atomic E-state index is 12.2. The molecule has 2 N–H and O–H groups in total. The maximum atomic E-state index is 12.2. The highest BCUT2D eigenvalue weighted by Gasteiger charge is 2.25. The third-order valence-corrected chi connectivity index (χ3v) is 4.53. The van der Waals surface area contributed by atoms with Crippen LogP contribution in [-0.4, -0.2) is 49.1 Å². The Hall–Kier alpha value is -3.17. The van der Waals surface area contributed by atoms with E-state index in [0.717, 1.165) is 25.5 Å².